The summed E-state index contributed by atoms with van der Waals surface area (Å²) in [6, 6.07) is 6.18. The van der Waals surface area contributed by atoms with Crippen molar-refractivity contribution in [3.05, 3.63) is 36.3 Å². The fourth-order valence-corrected chi connectivity index (χ4v) is 3.54. The first-order valence-corrected chi connectivity index (χ1v) is 11.0. The molecule has 4 radical (unpaired) electrons. The molecular formula is C21H23B2N9O5. The van der Waals surface area contributed by atoms with Crippen LogP contribution in [-0.4, -0.2) is 102 Å². The Kier molecular flexibility index (Phi) is 7.31. The van der Waals surface area contributed by atoms with Gasteiger partial charge in [0.2, 0.25) is 0 Å². The third kappa shape index (κ3) is 5.98. The molecule has 4 rings (SSSR count). The molecule has 1 saturated heterocycles. The lowest BCUT2D eigenvalue weighted by Crippen LogP contribution is -2.55. The van der Waals surface area contributed by atoms with Gasteiger partial charge in [0.05, 0.1) is 43.2 Å². The van der Waals surface area contributed by atoms with E-state index in [4.69, 9.17) is 25.2 Å². The highest BCUT2D eigenvalue weighted by Gasteiger charge is 2.31. The standard InChI is InChI=1S/C21H23B2N9O5/c1-31-10-24-18(30-31)12-5-4-6-13(17(12)37-3)25-14-7-15(26-20(34)32-8-11(9-32)36-2)28-29-16(14)19(33)27-21(22,23)35/h4-7,10-11,35H,8-9H2,1-3H3,(H,27,33)(H2,25,26,28,34). The summed E-state index contributed by atoms with van der Waals surface area (Å²) < 4.78 is 12.3. The van der Waals surface area contributed by atoms with Crippen molar-refractivity contribution in [3.63, 3.8) is 0 Å². The van der Waals surface area contributed by atoms with E-state index in [1.54, 1.807) is 43.4 Å². The van der Waals surface area contributed by atoms with Crippen molar-refractivity contribution >= 4 is 44.8 Å². The Bertz CT molecular complexity index is 1310. The van der Waals surface area contributed by atoms with Gasteiger partial charge >= 0.3 is 6.03 Å². The molecule has 3 amide bonds. The highest BCUT2D eigenvalue weighted by atomic mass is 16.5. The van der Waals surface area contributed by atoms with Crippen LogP contribution in [0.3, 0.4) is 0 Å². The van der Waals surface area contributed by atoms with Gasteiger partial charge in [0.15, 0.2) is 23.1 Å². The normalized spacial score (nSPS) is 13.6. The number of nitrogens with zero attached hydrogens (tertiary/aromatic N) is 6. The molecule has 2 aromatic heterocycles. The monoisotopic (exact) mass is 503 g/mol. The smallest absolute Gasteiger partial charge is 0.323 e. The van der Waals surface area contributed by atoms with Crippen LogP contribution in [0.5, 0.6) is 5.75 Å². The Morgan fingerprint density at radius 1 is 1.19 bits per heavy atom. The number of nitrogens with one attached hydrogen (secondary N) is 3. The first-order valence-electron chi connectivity index (χ1n) is 11.0. The van der Waals surface area contributed by atoms with Crippen molar-refractivity contribution in [2.24, 2.45) is 7.05 Å². The largest absolute Gasteiger partial charge is 0.494 e. The maximum Gasteiger partial charge on any atom is 0.323 e. The zero-order valence-corrected chi connectivity index (χ0v) is 20.3. The second kappa shape index (κ2) is 10.4. The molecule has 16 heteroatoms. The number of ether oxygens (including phenoxy) is 2. The number of aliphatic hydroxyl groups is 1. The first kappa shape index (κ1) is 25.9. The summed E-state index contributed by atoms with van der Waals surface area (Å²) in [5.41, 5.74) is -1.65. The van der Waals surface area contributed by atoms with Crippen LogP contribution in [0.4, 0.5) is 22.0 Å². The van der Waals surface area contributed by atoms with Crippen LogP contribution in [0.1, 0.15) is 10.5 Å². The van der Waals surface area contributed by atoms with Gasteiger partial charge in [-0.3, -0.25) is 14.8 Å². The fourth-order valence-electron chi connectivity index (χ4n) is 3.54. The summed E-state index contributed by atoms with van der Waals surface area (Å²) in [7, 11) is 15.4. The number of hydrogen-bond donors (Lipinski definition) is 4. The Hall–Kier alpha value is -4.17. The molecule has 3 aromatic rings. The van der Waals surface area contributed by atoms with Crippen molar-refractivity contribution < 1.29 is 24.2 Å². The number of anilines is 3. The number of amides is 3. The molecule has 188 valence electrons. The van der Waals surface area contributed by atoms with E-state index in [1.165, 1.54) is 18.1 Å². The number of hydrogen-bond acceptors (Lipinski definition) is 10. The van der Waals surface area contributed by atoms with Crippen LogP contribution < -0.4 is 20.7 Å². The second-order valence-electron chi connectivity index (χ2n) is 8.22. The number of carbonyl (C=O) groups excluding carboxylic acids is 2. The number of likely N-dealkylation sites (tertiary alicyclic amines) is 1. The van der Waals surface area contributed by atoms with Gasteiger partial charge in [-0.2, -0.15) is 5.10 Å². The molecule has 1 aliphatic rings. The van der Waals surface area contributed by atoms with Crippen LogP contribution in [0.25, 0.3) is 11.4 Å². The summed E-state index contributed by atoms with van der Waals surface area (Å²) in [6.45, 7) is 0.858. The van der Waals surface area contributed by atoms with E-state index in [1.807, 2.05) is 5.32 Å². The maximum atomic E-state index is 12.7. The van der Waals surface area contributed by atoms with E-state index in [0.717, 1.165) is 0 Å². The number of aromatic nitrogens is 5. The molecule has 0 saturated carbocycles. The van der Waals surface area contributed by atoms with Crippen LogP contribution in [0.15, 0.2) is 30.6 Å². The molecule has 0 spiro atoms. The number of aryl methyl sites for hydroxylation is 1. The predicted octanol–water partition coefficient (Wildman–Crippen LogP) is -0.443. The van der Waals surface area contributed by atoms with Crippen molar-refractivity contribution in [1.29, 1.82) is 0 Å². The maximum absolute atomic E-state index is 12.7. The Balaban J connectivity index is 1.67. The minimum atomic E-state index is -2.50. The molecule has 0 aliphatic carbocycles. The lowest BCUT2D eigenvalue weighted by molar-refractivity contribution is -0.00467. The molecule has 3 heterocycles. The highest BCUT2D eigenvalue weighted by Crippen LogP contribution is 2.37. The summed E-state index contributed by atoms with van der Waals surface area (Å²) >= 11 is 0. The average molecular weight is 503 g/mol. The fraction of sp³-hybridized carbons (Fsp3) is 0.333. The van der Waals surface area contributed by atoms with Crippen molar-refractivity contribution in [2.45, 2.75) is 11.6 Å². The molecule has 0 unspecified atom stereocenters. The van der Waals surface area contributed by atoms with Gasteiger partial charge < -0.3 is 30.1 Å². The van der Waals surface area contributed by atoms with Crippen molar-refractivity contribution in [2.75, 3.05) is 37.9 Å². The number of methoxy groups -OCH3 is 2. The quantitative estimate of drug-likeness (QED) is 0.234. The number of benzene rings is 1. The molecule has 37 heavy (non-hydrogen) atoms. The number of carbonyl (C=O) groups is 2. The van der Waals surface area contributed by atoms with Crippen LogP contribution in [0.2, 0.25) is 0 Å². The average Bonchev–Trinajstić information content (AvgIpc) is 3.23. The Morgan fingerprint density at radius 2 is 1.95 bits per heavy atom. The molecule has 1 aromatic carbocycles. The minimum absolute atomic E-state index is 0.0280. The lowest BCUT2D eigenvalue weighted by atomic mass is 9.73. The zero-order valence-electron chi connectivity index (χ0n) is 20.3. The van der Waals surface area contributed by atoms with Gasteiger partial charge in [-0.25, -0.2) is 9.78 Å². The first-order chi connectivity index (χ1) is 17.6. The third-order valence-electron chi connectivity index (χ3n) is 5.36. The van der Waals surface area contributed by atoms with Gasteiger partial charge in [-0.15, -0.1) is 10.2 Å². The third-order valence-corrected chi connectivity index (χ3v) is 5.36. The van der Waals surface area contributed by atoms with Crippen LogP contribution in [0, 0.1) is 0 Å². The molecule has 4 N–H and O–H groups in total. The van der Waals surface area contributed by atoms with Gasteiger partial charge in [-0.05, 0) is 12.1 Å². The lowest BCUT2D eigenvalue weighted by Gasteiger charge is -2.37. The SMILES string of the molecule is [B]C([B])(O)NC(=O)c1nnc(NC(=O)N2CC(OC)C2)cc1Nc1cccc(-c2ncn(C)n2)c1OC. The number of rotatable bonds is 8. The van der Waals surface area contributed by atoms with Gasteiger partial charge in [0, 0.05) is 25.7 Å². The van der Waals surface area contributed by atoms with Crippen molar-refractivity contribution in [3.8, 4) is 17.1 Å². The van der Waals surface area contributed by atoms with Crippen LogP contribution >= 0.6 is 0 Å². The van der Waals surface area contributed by atoms with Gasteiger partial charge in [0.1, 0.15) is 22.0 Å². The second-order valence-corrected chi connectivity index (χ2v) is 8.22. The molecule has 0 bridgehead atoms. The predicted molar refractivity (Wildman–Crippen MR) is 134 cm³/mol. The minimum Gasteiger partial charge on any atom is -0.494 e. The number of urea groups is 1. The summed E-state index contributed by atoms with van der Waals surface area (Å²) in [5.74, 6) is -0.0698. The summed E-state index contributed by atoms with van der Waals surface area (Å²) in [5, 5.41) is 29.5. The molecular weight excluding hydrogens is 480 g/mol. The van der Waals surface area contributed by atoms with E-state index < -0.39 is 17.5 Å². The molecule has 0 atom stereocenters. The Morgan fingerprint density at radius 3 is 2.57 bits per heavy atom. The summed E-state index contributed by atoms with van der Waals surface area (Å²) in [4.78, 5) is 31.1. The van der Waals surface area contributed by atoms with E-state index >= 15 is 0 Å². The van der Waals surface area contributed by atoms with Crippen LogP contribution in [-0.2, 0) is 11.8 Å². The van der Waals surface area contributed by atoms with E-state index in [9.17, 15) is 14.7 Å². The molecule has 14 nitrogen and oxygen atoms in total. The number of para-hydroxylation sites is 1. The topological polar surface area (TPSA) is 169 Å². The van der Waals surface area contributed by atoms with Crippen molar-refractivity contribution in [1.82, 2.24) is 35.2 Å². The summed E-state index contributed by atoms with van der Waals surface area (Å²) in [6.07, 6.45) is 1.52. The zero-order chi connectivity index (χ0) is 26.7. The molecule has 1 aliphatic heterocycles. The van der Waals surface area contributed by atoms with E-state index in [0.29, 0.717) is 35.9 Å². The van der Waals surface area contributed by atoms with Gasteiger partial charge in [0.25, 0.3) is 5.91 Å². The van der Waals surface area contributed by atoms with Gasteiger partial charge in [-0.1, -0.05) is 6.07 Å². The highest BCUT2D eigenvalue weighted by molar-refractivity contribution is 6.39. The molecule has 1 fully saturated rings. The van der Waals surface area contributed by atoms with E-state index in [-0.39, 0.29) is 23.3 Å². The van der Waals surface area contributed by atoms with E-state index in [2.05, 4.69) is 30.9 Å². The Labute approximate surface area is 214 Å².